The Morgan fingerprint density at radius 1 is 0.234 bits per heavy atom. The number of carbonyl (C=O) groups is 6. The molecule has 0 aromatic heterocycles. The first-order valence-electron chi connectivity index (χ1n) is 56.8. The van der Waals surface area contributed by atoms with E-state index in [4.69, 9.17) is 42.6 Å². The van der Waals surface area contributed by atoms with E-state index in [-0.39, 0.29) is 38.6 Å². The van der Waals surface area contributed by atoms with E-state index in [1.165, 1.54) is 334 Å². The first kappa shape index (κ1) is 120. The topological polar surface area (TPSA) is 185 Å². The van der Waals surface area contributed by atoms with Gasteiger partial charge in [0.05, 0.1) is 60.0 Å². The van der Waals surface area contributed by atoms with Crippen LogP contribution in [0.15, 0.2) is 73.8 Å². The molecule has 137 heavy (non-hydrogen) atoms. The Kier molecular flexibility index (Phi) is 72.0. The molecule has 4 aromatic rings. The fourth-order valence-corrected chi connectivity index (χ4v) is 19.5. The third-order valence-corrected chi connectivity index (χ3v) is 27.4. The van der Waals surface area contributed by atoms with Crippen molar-refractivity contribution in [3.8, 4) is 23.0 Å². The van der Waals surface area contributed by atoms with Crippen LogP contribution in [-0.2, 0) is 104 Å². The number of ketones is 1. The van der Waals surface area contributed by atoms with E-state index in [0.717, 1.165) is 167 Å². The molecule has 0 saturated heterocycles. The minimum Gasteiger partial charge on any atom is -0.493 e. The molecule has 15 nitrogen and oxygen atoms in total. The van der Waals surface area contributed by atoms with Gasteiger partial charge in [-0.15, -0.1) is 0 Å². The van der Waals surface area contributed by atoms with Gasteiger partial charge >= 0.3 is 29.8 Å². The Hall–Kier alpha value is -7.42. The van der Waals surface area contributed by atoms with Gasteiger partial charge < -0.3 is 42.6 Å². The van der Waals surface area contributed by atoms with Crippen LogP contribution in [0.4, 0.5) is 0 Å². The number of unbranched alkanes of at least 4 members (excludes halogenated alkanes) is 56. The second-order valence-electron chi connectivity index (χ2n) is 40.1. The molecule has 774 valence electrons. The molecule has 0 unspecified atom stereocenters. The van der Waals surface area contributed by atoms with E-state index >= 15 is 0 Å². The number of fused-ring (bicyclic) bond motifs is 8. The fraction of sp³-hybridized carbons (Fsp3) is 0.721. The third kappa shape index (κ3) is 59.2. The molecule has 0 saturated carbocycles. The predicted octanol–water partition coefficient (Wildman–Crippen LogP) is 33.2. The minimum atomic E-state index is -0.643. The van der Waals surface area contributed by atoms with E-state index in [2.05, 4.69) is 89.4 Å². The van der Waals surface area contributed by atoms with E-state index in [0.29, 0.717) is 103 Å². The molecular formula is C122H196O15. The molecule has 1 aliphatic carbocycles. The Morgan fingerprint density at radius 2 is 0.409 bits per heavy atom. The molecule has 15 heteroatoms. The monoisotopic (exact) mass is 1900 g/mol. The number of methoxy groups -OCH3 is 1. The average Bonchev–Trinajstić information content (AvgIpc) is 0.770. The summed E-state index contributed by atoms with van der Waals surface area (Å²) in [6, 6.07) is 18.5. The number of rotatable bonds is 90. The van der Waals surface area contributed by atoms with Crippen molar-refractivity contribution in [2.75, 3.05) is 60.0 Å². The molecule has 4 aromatic carbocycles. The second kappa shape index (κ2) is 82.2. The third-order valence-electron chi connectivity index (χ3n) is 27.4. The zero-order chi connectivity index (χ0) is 98.1. The van der Waals surface area contributed by atoms with Gasteiger partial charge in [0, 0.05) is 37.8 Å². The standard InChI is InChI=1S/C122H196O15/c1-9-15-19-23-27-31-35-39-43-47-51-55-59-63-67-79-134-119-106-88-102(75-71-83-130-114(124)13-5)90-108(119)98-112-94-105(78-74-86-133-118(128)100-116(126)129-8)95-113(122(112)137-82-70-66-62-58-54-50-46-42-38-34-30-26-22-18-12-4)99-109-91-103(76-72-84-131-115(125)14-6)89-107(120(109)135-80-68-64-60-56-52-48-44-40-36-32-28-24-20-16-10-2)97-111-93-104(77-73-85-132-117(127)87-101(7)123)92-110(96-106)121(111)136-81-69-65-61-57-53-49-45-41-37-33-29-25-21-17-11-3/h13-14,88-95H,5-6,9-12,15-87,96-100H2,1-4,7-8H3. The molecule has 8 bridgehead atoms. The molecule has 1 aliphatic rings. The van der Waals surface area contributed by atoms with Crippen LogP contribution in [0.25, 0.3) is 0 Å². The Morgan fingerprint density at radius 3 is 0.584 bits per heavy atom. The van der Waals surface area contributed by atoms with E-state index < -0.39 is 36.3 Å². The van der Waals surface area contributed by atoms with Gasteiger partial charge in [0.15, 0.2) is 0 Å². The van der Waals surface area contributed by atoms with Crippen molar-refractivity contribution in [3.05, 3.63) is 141 Å². The highest BCUT2D eigenvalue weighted by atomic mass is 16.6. The Balaban J connectivity index is 1.77. The van der Waals surface area contributed by atoms with Crippen LogP contribution in [0, 0.1) is 0 Å². The van der Waals surface area contributed by atoms with Crippen LogP contribution in [-0.4, -0.2) is 95.6 Å². The maximum atomic E-state index is 13.1. The number of carbonyl (C=O) groups excluding carboxylic acids is 6. The first-order valence-corrected chi connectivity index (χ1v) is 56.8. The van der Waals surface area contributed by atoms with Crippen molar-refractivity contribution in [1.29, 1.82) is 0 Å². The van der Waals surface area contributed by atoms with Crippen LogP contribution in [0.1, 0.15) is 525 Å². The highest BCUT2D eigenvalue weighted by Crippen LogP contribution is 2.43. The molecular weight excluding hydrogens is 1710 g/mol. The van der Waals surface area contributed by atoms with Gasteiger partial charge in [0.2, 0.25) is 0 Å². The Labute approximate surface area is 835 Å². The lowest BCUT2D eigenvalue weighted by molar-refractivity contribution is -0.153. The van der Waals surface area contributed by atoms with Crippen LogP contribution < -0.4 is 18.9 Å². The van der Waals surface area contributed by atoms with E-state index in [1.807, 2.05) is 0 Å². The Bertz CT molecular complexity index is 3670. The smallest absolute Gasteiger partial charge is 0.330 e. The second-order valence-corrected chi connectivity index (χ2v) is 40.1. The number of benzene rings is 4. The lowest BCUT2D eigenvalue weighted by Crippen LogP contribution is -2.13. The number of esters is 5. The molecule has 0 fully saturated rings. The van der Waals surface area contributed by atoms with Crippen molar-refractivity contribution in [1.82, 2.24) is 0 Å². The SMILES string of the molecule is C=CC(=O)OCCCc1cc2c(OCCCCCCCCCCCCCCCCC)c(c1)Cc1cc(CCCOC(=O)CC(=O)OC)cc(c1OCCCCCCCCCCCCCCCCC)Cc1cc(CCCOC(=O)C=C)cc(c1OCCCCCCCCCCCCCCCCC)Cc1cc(CCCOC(=O)CC(C)=O)cc(c1OCCCCCCCCCCCCCCCCC)C2. The van der Waals surface area contributed by atoms with Gasteiger partial charge in [-0.3, -0.25) is 19.2 Å². The molecule has 0 radical (unpaired) electrons. The largest absolute Gasteiger partial charge is 0.493 e. The summed E-state index contributed by atoms with van der Waals surface area (Å²) in [5, 5.41) is 0. The van der Waals surface area contributed by atoms with Crippen LogP contribution in [0.2, 0.25) is 0 Å². The van der Waals surface area contributed by atoms with Crippen molar-refractivity contribution < 1.29 is 71.4 Å². The summed E-state index contributed by atoms with van der Waals surface area (Å²) in [6.45, 7) is 20.8. The lowest BCUT2D eigenvalue weighted by atomic mass is 9.87. The van der Waals surface area contributed by atoms with Crippen molar-refractivity contribution in [3.63, 3.8) is 0 Å². The minimum absolute atomic E-state index is 0.106. The van der Waals surface area contributed by atoms with Gasteiger partial charge in [-0.05, 0) is 151 Å². The van der Waals surface area contributed by atoms with Crippen molar-refractivity contribution >= 4 is 35.6 Å². The molecule has 0 atom stereocenters. The lowest BCUT2D eigenvalue weighted by Gasteiger charge is -2.25. The molecule has 0 aliphatic heterocycles. The molecule has 0 heterocycles. The molecule has 0 N–H and O–H groups in total. The van der Waals surface area contributed by atoms with Crippen LogP contribution in [0.3, 0.4) is 0 Å². The average molecular weight is 1900 g/mol. The summed E-state index contributed by atoms with van der Waals surface area (Å²) in [6.07, 6.45) is 83.5. The van der Waals surface area contributed by atoms with E-state index in [9.17, 15) is 28.8 Å². The quantitative estimate of drug-likeness (QED) is 0.0118. The number of Topliss-reactive ketones (excluding diaryl/α,β-unsaturated/α-hetero) is 1. The van der Waals surface area contributed by atoms with Gasteiger partial charge in [-0.2, -0.15) is 0 Å². The maximum Gasteiger partial charge on any atom is 0.330 e. The van der Waals surface area contributed by atoms with Gasteiger partial charge in [-0.1, -0.05) is 449 Å². The number of aryl methyl sites for hydroxylation is 4. The molecule has 5 rings (SSSR count). The van der Waals surface area contributed by atoms with Crippen LogP contribution in [0.5, 0.6) is 23.0 Å². The van der Waals surface area contributed by atoms with Gasteiger partial charge in [0.25, 0.3) is 0 Å². The van der Waals surface area contributed by atoms with Gasteiger partial charge in [-0.25, -0.2) is 9.59 Å². The molecule has 0 amide bonds. The normalized spacial score (nSPS) is 11.8. The highest BCUT2D eigenvalue weighted by molar-refractivity contribution is 5.94. The summed E-state index contributed by atoms with van der Waals surface area (Å²) in [5.74, 6) is 0.409. The summed E-state index contributed by atoms with van der Waals surface area (Å²) in [7, 11) is 1.28. The summed E-state index contributed by atoms with van der Waals surface area (Å²) >= 11 is 0. The summed E-state index contributed by atoms with van der Waals surface area (Å²) < 4.78 is 58.1. The van der Waals surface area contributed by atoms with Crippen LogP contribution >= 0.6 is 0 Å². The number of ether oxygens (including phenoxy) is 9. The van der Waals surface area contributed by atoms with Crippen molar-refractivity contribution in [2.45, 2.75) is 510 Å². The van der Waals surface area contributed by atoms with Crippen molar-refractivity contribution in [2.24, 2.45) is 0 Å². The fourth-order valence-electron chi connectivity index (χ4n) is 19.5. The first-order chi connectivity index (χ1) is 67.2. The zero-order valence-electron chi connectivity index (χ0n) is 88.3. The zero-order valence-corrected chi connectivity index (χ0v) is 88.3. The summed E-state index contributed by atoms with van der Waals surface area (Å²) in [4.78, 5) is 76.2. The molecule has 0 spiro atoms. The van der Waals surface area contributed by atoms with E-state index in [1.54, 1.807) is 0 Å². The van der Waals surface area contributed by atoms with Gasteiger partial charge in [0.1, 0.15) is 41.6 Å². The maximum absolute atomic E-state index is 13.1. The highest BCUT2D eigenvalue weighted by Gasteiger charge is 2.27. The number of hydrogen-bond donors (Lipinski definition) is 0. The summed E-state index contributed by atoms with van der Waals surface area (Å²) in [5.41, 5.74) is 12.4. The predicted molar refractivity (Wildman–Crippen MR) is 568 cm³/mol. The number of hydrogen-bond acceptors (Lipinski definition) is 15.